The van der Waals surface area contributed by atoms with E-state index in [4.69, 9.17) is 0 Å². The van der Waals surface area contributed by atoms with Crippen molar-refractivity contribution in [2.24, 2.45) is 0 Å². The maximum absolute atomic E-state index is 11.7. The van der Waals surface area contributed by atoms with Crippen molar-refractivity contribution in [2.75, 3.05) is 19.6 Å². The number of piperidine rings is 1. The summed E-state index contributed by atoms with van der Waals surface area (Å²) in [5.74, 6) is 0. The lowest BCUT2D eigenvalue weighted by atomic mass is 10.1. The molecule has 0 unspecified atom stereocenters. The van der Waals surface area contributed by atoms with Gasteiger partial charge in [-0.2, -0.15) is 0 Å². The molecule has 0 saturated carbocycles. The first-order valence-electron chi connectivity index (χ1n) is 5.69. The first kappa shape index (κ1) is 11.8. The van der Waals surface area contributed by atoms with Crippen LogP contribution in [0, 0.1) is 0 Å². The predicted molar refractivity (Wildman–Crippen MR) is 66.5 cm³/mol. The van der Waals surface area contributed by atoms with Crippen LogP contribution in [0.4, 0.5) is 0 Å². The van der Waals surface area contributed by atoms with E-state index in [1.54, 1.807) is 17.1 Å². The fourth-order valence-corrected chi connectivity index (χ4v) is 2.36. The average molecular weight is 286 g/mol. The van der Waals surface area contributed by atoms with Crippen LogP contribution in [0.25, 0.3) is 0 Å². The molecule has 2 rings (SSSR count). The number of nitrogens with zero attached hydrogens (tertiary/aromatic N) is 3. The van der Waals surface area contributed by atoms with Gasteiger partial charge in [0.15, 0.2) is 0 Å². The number of aromatic nitrogens is 2. The van der Waals surface area contributed by atoms with Crippen LogP contribution in [0.3, 0.4) is 0 Å². The molecular formula is C11H16BrN3O. The molecule has 0 aliphatic carbocycles. The van der Waals surface area contributed by atoms with Gasteiger partial charge in [0.25, 0.3) is 5.56 Å². The SMILES string of the molecule is O=c1c(Br)cncn1CCN1CCCCC1. The number of rotatable bonds is 3. The Labute approximate surface area is 103 Å². The highest BCUT2D eigenvalue weighted by atomic mass is 79.9. The molecule has 0 amide bonds. The molecule has 1 aliphatic rings. The zero-order chi connectivity index (χ0) is 11.4. The van der Waals surface area contributed by atoms with Crippen LogP contribution in [0.15, 0.2) is 21.8 Å². The molecule has 2 heterocycles. The Bertz CT molecular complexity index is 398. The third-order valence-electron chi connectivity index (χ3n) is 2.96. The van der Waals surface area contributed by atoms with Crippen molar-refractivity contribution in [3.05, 3.63) is 27.4 Å². The van der Waals surface area contributed by atoms with Gasteiger partial charge in [0.05, 0.1) is 6.33 Å². The summed E-state index contributed by atoms with van der Waals surface area (Å²) in [7, 11) is 0. The van der Waals surface area contributed by atoms with E-state index in [9.17, 15) is 4.79 Å². The smallest absolute Gasteiger partial charge is 0.267 e. The molecule has 88 valence electrons. The topological polar surface area (TPSA) is 38.1 Å². The molecule has 0 aromatic carbocycles. The van der Waals surface area contributed by atoms with E-state index in [2.05, 4.69) is 25.8 Å². The molecule has 0 bridgehead atoms. The van der Waals surface area contributed by atoms with Crippen LogP contribution in [0.1, 0.15) is 19.3 Å². The number of likely N-dealkylation sites (tertiary alicyclic amines) is 1. The Morgan fingerprint density at radius 2 is 2.00 bits per heavy atom. The quantitative estimate of drug-likeness (QED) is 0.845. The molecule has 5 heteroatoms. The van der Waals surface area contributed by atoms with E-state index in [0.717, 1.165) is 26.2 Å². The normalized spacial score (nSPS) is 17.6. The summed E-state index contributed by atoms with van der Waals surface area (Å²) in [4.78, 5) is 18.1. The molecule has 1 aromatic rings. The number of hydrogen-bond acceptors (Lipinski definition) is 3. The average Bonchev–Trinajstić information content (AvgIpc) is 2.32. The molecule has 4 nitrogen and oxygen atoms in total. The van der Waals surface area contributed by atoms with Gasteiger partial charge < -0.3 is 4.90 Å². The van der Waals surface area contributed by atoms with Gasteiger partial charge in [-0.15, -0.1) is 0 Å². The van der Waals surface area contributed by atoms with Crippen molar-refractivity contribution >= 4 is 15.9 Å². The molecule has 0 radical (unpaired) electrons. The fourth-order valence-electron chi connectivity index (χ4n) is 2.02. The van der Waals surface area contributed by atoms with E-state index < -0.39 is 0 Å². The first-order chi connectivity index (χ1) is 7.77. The largest absolute Gasteiger partial charge is 0.302 e. The minimum absolute atomic E-state index is 0.00649. The molecule has 16 heavy (non-hydrogen) atoms. The third-order valence-corrected chi connectivity index (χ3v) is 3.51. The minimum atomic E-state index is 0.00649. The Balaban J connectivity index is 1.94. The minimum Gasteiger partial charge on any atom is -0.302 e. The molecule has 1 saturated heterocycles. The van der Waals surface area contributed by atoms with Crippen molar-refractivity contribution in [2.45, 2.75) is 25.8 Å². The van der Waals surface area contributed by atoms with E-state index >= 15 is 0 Å². The van der Waals surface area contributed by atoms with Crippen molar-refractivity contribution in [3.8, 4) is 0 Å². The van der Waals surface area contributed by atoms with Gasteiger partial charge in [0.1, 0.15) is 4.47 Å². The summed E-state index contributed by atoms with van der Waals surface area (Å²) in [5, 5.41) is 0. The predicted octanol–water partition coefficient (Wildman–Crippen LogP) is 1.49. The standard InChI is InChI=1S/C11H16BrN3O/c12-10-8-13-9-15(11(10)16)7-6-14-4-2-1-3-5-14/h8-9H,1-7H2. The lowest BCUT2D eigenvalue weighted by Crippen LogP contribution is -2.34. The van der Waals surface area contributed by atoms with E-state index in [-0.39, 0.29) is 5.56 Å². The van der Waals surface area contributed by atoms with Crippen LogP contribution in [0.5, 0.6) is 0 Å². The van der Waals surface area contributed by atoms with Gasteiger partial charge in [-0.1, -0.05) is 6.42 Å². The first-order valence-corrected chi connectivity index (χ1v) is 6.49. The molecular weight excluding hydrogens is 270 g/mol. The van der Waals surface area contributed by atoms with Gasteiger partial charge in [0, 0.05) is 19.3 Å². The highest BCUT2D eigenvalue weighted by Crippen LogP contribution is 2.08. The molecule has 1 aliphatic heterocycles. The Morgan fingerprint density at radius 1 is 1.25 bits per heavy atom. The van der Waals surface area contributed by atoms with Gasteiger partial charge in [-0.3, -0.25) is 9.36 Å². The summed E-state index contributed by atoms with van der Waals surface area (Å²) in [6.45, 7) is 4.00. The number of halogens is 1. The Kier molecular flexibility index (Phi) is 4.12. The van der Waals surface area contributed by atoms with Crippen LogP contribution >= 0.6 is 15.9 Å². The Hall–Kier alpha value is -0.680. The third kappa shape index (κ3) is 2.92. The summed E-state index contributed by atoms with van der Waals surface area (Å²) < 4.78 is 2.20. The van der Waals surface area contributed by atoms with Crippen molar-refractivity contribution in [3.63, 3.8) is 0 Å². The number of hydrogen-bond donors (Lipinski definition) is 0. The van der Waals surface area contributed by atoms with E-state index in [1.165, 1.54) is 19.3 Å². The van der Waals surface area contributed by atoms with Crippen molar-refractivity contribution in [1.82, 2.24) is 14.5 Å². The van der Waals surface area contributed by atoms with Crippen LogP contribution < -0.4 is 5.56 Å². The molecule has 0 spiro atoms. The molecule has 0 atom stereocenters. The van der Waals surface area contributed by atoms with Gasteiger partial charge in [-0.25, -0.2) is 4.98 Å². The van der Waals surface area contributed by atoms with Gasteiger partial charge in [-0.05, 0) is 41.9 Å². The van der Waals surface area contributed by atoms with Crippen molar-refractivity contribution < 1.29 is 0 Å². The monoisotopic (exact) mass is 285 g/mol. The fraction of sp³-hybridized carbons (Fsp3) is 0.636. The van der Waals surface area contributed by atoms with E-state index in [0.29, 0.717) is 4.47 Å². The second kappa shape index (κ2) is 5.59. The summed E-state index contributed by atoms with van der Waals surface area (Å²) in [6, 6.07) is 0. The van der Waals surface area contributed by atoms with E-state index in [1.807, 2.05) is 0 Å². The maximum Gasteiger partial charge on any atom is 0.267 e. The highest BCUT2D eigenvalue weighted by Gasteiger charge is 2.10. The highest BCUT2D eigenvalue weighted by molar-refractivity contribution is 9.10. The molecule has 1 fully saturated rings. The zero-order valence-corrected chi connectivity index (χ0v) is 10.8. The summed E-state index contributed by atoms with van der Waals surface area (Å²) in [5.41, 5.74) is 0.00649. The van der Waals surface area contributed by atoms with Crippen LogP contribution in [-0.2, 0) is 6.54 Å². The van der Waals surface area contributed by atoms with Crippen molar-refractivity contribution in [1.29, 1.82) is 0 Å². The second-order valence-corrected chi connectivity index (χ2v) is 5.00. The summed E-state index contributed by atoms with van der Waals surface area (Å²) >= 11 is 3.20. The van der Waals surface area contributed by atoms with Gasteiger partial charge >= 0.3 is 0 Å². The second-order valence-electron chi connectivity index (χ2n) is 4.14. The lowest BCUT2D eigenvalue weighted by Gasteiger charge is -2.26. The zero-order valence-electron chi connectivity index (χ0n) is 9.23. The molecule has 1 aromatic heterocycles. The summed E-state index contributed by atoms with van der Waals surface area (Å²) in [6.07, 6.45) is 7.06. The lowest BCUT2D eigenvalue weighted by molar-refractivity contribution is 0.219. The van der Waals surface area contributed by atoms with Crippen LogP contribution in [0.2, 0.25) is 0 Å². The molecule has 0 N–H and O–H groups in total. The Morgan fingerprint density at radius 3 is 2.75 bits per heavy atom. The van der Waals surface area contributed by atoms with Gasteiger partial charge in [0.2, 0.25) is 0 Å². The maximum atomic E-state index is 11.7. The van der Waals surface area contributed by atoms with Crippen LogP contribution in [-0.4, -0.2) is 34.1 Å².